The number of hydrogen-bond acceptors (Lipinski definition) is 9. The maximum absolute atomic E-state index is 13.3. The third-order valence-electron chi connectivity index (χ3n) is 6.23. The fourth-order valence-electron chi connectivity index (χ4n) is 4.65. The van der Waals surface area contributed by atoms with Gasteiger partial charge in [-0.3, -0.25) is 4.79 Å². The van der Waals surface area contributed by atoms with Crippen LogP contribution in [0.2, 0.25) is 0 Å². The van der Waals surface area contributed by atoms with Crippen LogP contribution in [0.5, 0.6) is 11.5 Å². The van der Waals surface area contributed by atoms with Crippen molar-refractivity contribution in [1.29, 1.82) is 0 Å². The van der Waals surface area contributed by atoms with Crippen molar-refractivity contribution >= 4 is 16.9 Å². The number of fused-ring (bicyclic) bond motifs is 6. The molecule has 3 aromatic rings. The van der Waals surface area contributed by atoms with Gasteiger partial charge in [0, 0.05) is 29.1 Å². The molecule has 0 fully saturated rings. The Bertz CT molecular complexity index is 1400. The fraction of sp³-hybridized carbons (Fsp3) is 0.318. The van der Waals surface area contributed by atoms with Crippen LogP contribution < -0.4 is 20.3 Å². The molecule has 1 unspecified atom stereocenters. The second kappa shape index (κ2) is 6.86. The standard InChI is InChI=1S/C22H18N4O6/c1-2-23-6-12-10-4-17-18(32-9-31-17)5-15(10)24-19-13(12)7-26-16(19)3-11-14(21(26)27)8-30-22(28)20(11)25-29/h3-5,20,23H,2,6-9H2,1H3. The van der Waals surface area contributed by atoms with E-state index in [1.54, 1.807) is 10.6 Å². The Morgan fingerprint density at radius 1 is 1.16 bits per heavy atom. The van der Waals surface area contributed by atoms with Crippen molar-refractivity contribution < 1.29 is 19.0 Å². The predicted octanol–water partition coefficient (Wildman–Crippen LogP) is 2.13. The summed E-state index contributed by atoms with van der Waals surface area (Å²) in [6, 6.07) is 4.09. The Hall–Kier alpha value is -3.79. The average Bonchev–Trinajstić information content (AvgIpc) is 3.40. The van der Waals surface area contributed by atoms with E-state index in [1.807, 2.05) is 19.1 Å². The molecule has 162 valence electrons. The fourth-order valence-corrected chi connectivity index (χ4v) is 4.65. The number of ether oxygens (including phenoxy) is 3. The summed E-state index contributed by atoms with van der Waals surface area (Å²) in [4.78, 5) is 41.5. The quantitative estimate of drug-likeness (QED) is 0.383. The van der Waals surface area contributed by atoms with Gasteiger partial charge >= 0.3 is 5.97 Å². The molecule has 1 atom stereocenters. The Kier molecular flexibility index (Phi) is 4.06. The lowest BCUT2D eigenvalue weighted by atomic mass is 9.97. The summed E-state index contributed by atoms with van der Waals surface area (Å²) in [6.07, 6.45) is 0. The number of pyridine rings is 2. The molecule has 0 spiro atoms. The van der Waals surface area contributed by atoms with Crippen LogP contribution in [0, 0.1) is 4.91 Å². The number of carbonyl (C=O) groups is 1. The summed E-state index contributed by atoms with van der Waals surface area (Å²) >= 11 is 0. The summed E-state index contributed by atoms with van der Waals surface area (Å²) in [6.45, 7) is 3.71. The van der Waals surface area contributed by atoms with Gasteiger partial charge in [-0.15, -0.1) is 4.91 Å². The molecule has 1 N–H and O–H groups in total. The minimum atomic E-state index is -1.35. The molecule has 10 heteroatoms. The zero-order chi connectivity index (χ0) is 22.0. The van der Waals surface area contributed by atoms with E-state index in [-0.39, 0.29) is 24.5 Å². The van der Waals surface area contributed by atoms with Crippen LogP contribution in [0.1, 0.15) is 35.2 Å². The summed E-state index contributed by atoms with van der Waals surface area (Å²) in [5, 5.41) is 7.19. The molecule has 1 aromatic carbocycles. The van der Waals surface area contributed by atoms with Gasteiger partial charge in [0.2, 0.25) is 12.8 Å². The Morgan fingerprint density at radius 2 is 1.97 bits per heavy atom. The van der Waals surface area contributed by atoms with Gasteiger partial charge in [-0.1, -0.05) is 6.92 Å². The number of aromatic nitrogens is 2. The number of rotatable bonds is 4. The van der Waals surface area contributed by atoms with Crippen molar-refractivity contribution in [3.05, 3.63) is 55.7 Å². The highest BCUT2D eigenvalue weighted by Crippen LogP contribution is 2.42. The third-order valence-corrected chi connectivity index (χ3v) is 6.23. The molecule has 2 aromatic heterocycles. The van der Waals surface area contributed by atoms with E-state index < -0.39 is 12.0 Å². The van der Waals surface area contributed by atoms with Gasteiger partial charge in [-0.25, -0.2) is 9.78 Å². The van der Waals surface area contributed by atoms with Crippen molar-refractivity contribution in [2.75, 3.05) is 13.3 Å². The van der Waals surface area contributed by atoms with Gasteiger partial charge in [0.25, 0.3) is 5.56 Å². The van der Waals surface area contributed by atoms with Gasteiger partial charge in [0.15, 0.2) is 11.5 Å². The third kappa shape index (κ3) is 2.53. The number of nitroso groups, excluding NO2 is 1. The molecular formula is C22H18N4O6. The maximum atomic E-state index is 13.3. The lowest BCUT2D eigenvalue weighted by Crippen LogP contribution is -2.32. The number of hydrogen-bond donors (Lipinski definition) is 1. The first-order valence-corrected chi connectivity index (χ1v) is 10.3. The van der Waals surface area contributed by atoms with Crippen molar-refractivity contribution in [1.82, 2.24) is 14.9 Å². The molecule has 0 bridgehead atoms. The van der Waals surface area contributed by atoms with E-state index in [1.165, 1.54) is 0 Å². The molecule has 0 amide bonds. The van der Waals surface area contributed by atoms with Gasteiger partial charge in [0.1, 0.15) is 6.61 Å². The molecule has 0 aliphatic carbocycles. The van der Waals surface area contributed by atoms with E-state index >= 15 is 0 Å². The number of esters is 1. The van der Waals surface area contributed by atoms with Gasteiger partial charge in [-0.2, -0.15) is 0 Å². The normalized spacial score (nSPS) is 17.7. The SMILES string of the molecule is CCNCc1c2c(nc3cc4c(cc13)OCO4)-c1cc3c(c(=O)n1C2)COC(=O)C3N=O. The van der Waals surface area contributed by atoms with Crippen molar-refractivity contribution in [3.8, 4) is 22.9 Å². The molecule has 10 nitrogen and oxygen atoms in total. The van der Waals surface area contributed by atoms with Crippen LogP contribution >= 0.6 is 0 Å². The molecule has 6 rings (SSSR count). The molecular weight excluding hydrogens is 416 g/mol. The highest BCUT2D eigenvalue weighted by atomic mass is 16.7. The molecule has 5 heterocycles. The van der Waals surface area contributed by atoms with Crippen molar-refractivity contribution in [2.45, 2.75) is 32.7 Å². The van der Waals surface area contributed by atoms with Gasteiger partial charge in [-0.05, 0) is 29.4 Å². The Morgan fingerprint density at radius 3 is 2.75 bits per heavy atom. The van der Waals surface area contributed by atoms with Crippen LogP contribution in [0.4, 0.5) is 0 Å². The summed E-state index contributed by atoms with van der Waals surface area (Å²) in [5.74, 6) is 0.533. The summed E-state index contributed by atoms with van der Waals surface area (Å²) in [7, 11) is 0. The zero-order valence-corrected chi connectivity index (χ0v) is 17.1. The minimum Gasteiger partial charge on any atom is -0.459 e. The van der Waals surface area contributed by atoms with E-state index in [0.717, 1.165) is 23.1 Å². The predicted molar refractivity (Wildman–Crippen MR) is 112 cm³/mol. The minimum absolute atomic E-state index is 0.161. The molecule has 3 aliphatic rings. The highest BCUT2D eigenvalue weighted by Gasteiger charge is 2.36. The van der Waals surface area contributed by atoms with E-state index in [2.05, 4.69) is 10.5 Å². The van der Waals surface area contributed by atoms with Crippen LogP contribution in [0.3, 0.4) is 0 Å². The van der Waals surface area contributed by atoms with Crippen molar-refractivity contribution in [3.63, 3.8) is 0 Å². The van der Waals surface area contributed by atoms with Gasteiger partial charge < -0.3 is 24.1 Å². The summed E-state index contributed by atoms with van der Waals surface area (Å²) < 4.78 is 17.7. The number of nitrogens with one attached hydrogen (secondary N) is 1. The topological polar surface area (TPSA) is 121 Å². The Labute approximate surface area is 181 Å². The lowest BCUT2D eigenvalue weighted by molar-refractivity contribution is -0.148. The smallest absolute Gasteiger partial charge is 0.339 e. The van der Waals surface area contributed by atoms with E-state index in [0.29, 0.717) is 47.1 Å². The van der Waals surface area contributed by atoms with Crippen LogP contribution in [0.25, 0.3) is 22.3 Å². The summed E-state index contributed by atoms with van der Waals surface area (Å²) in [5.41, 5.74) is 4.12. The van der Waals surface area contributed by atoms with Crippen molar-refractivity contribution in [2.24, 2.45) is 5.18 Å². The molecule has 3 aliphatic heterocycles. The maximum Gasteiger partial charge on any atom is 0.339 e. The molecule has 0 radical (unpaired) electrons. The van der Waals surface area contributed by atoms with Crippen LogP contribution in [-0.4, -0.2) is 28.9 Å². The first-order valence-electron chi connectivity index (χ1n) is 10.3. The Balaban J connectivity index is 1.62. The number of nitrogens with zero attached hydrogens (tertiary/aromatic N) is 3. The second-order valence-electron chi connectivity index (χ2n) is 7.89. The highest BCUT2D eigenvalue weighted by molar-refractivity contribution is 5.91. The second-order valence-corrected chi connectivity index (χ2v) is 7.89. The first-order chi connectivity index (χ1) is 15.6. The number of benzene rings is 1. The number of carbonyl (C=O) groups excluding carboxylic acids is 1. The molecule has 32 heavy (non-hydrogen) atoms. The number of cyclic esters (lactones) is 1. The first kappa shape index (κ1) is 18.9. The molecule has 0 saturated carbocycles. The molecule has 0 saturated heterocycles. The average molecular weight is 434 g/mol. The largest absolute Gasteiger partial charge is 0.459 e. The zero-order valence-electron chi connectivity index (χ0n) is 17.1. The van der Waals surface area contributed by atoms with E-state index in [9.17, 15) is 14.5 Å². The van der Waals surface area contributed by atoms with E-state index in [4.69, 9.17) is 19.2 Å². The lowest BCUT2D eigenvalue weighted by Gasteiger charge is -2.20. The monoisotopic (exact) mass is 434 g/mol. The van der Waals surface area contributed by atoms with Gasteiger partial charge in [0.05, 0.1) is 29.0 Å². The van der Waals surface area contributed by atoms with Crippen LogP contribution in [0.15, 0.2) is 28.2 Å². The van der Waals surface area contributed by atoms with Crippen LogP contribution in [-0.2, 0) is 29.2 Å².